The van der Waals surface area contributed by atoms with Crippen molar-refractivity contribution >= 4 is 45.2 Å². The molecule has 0 spiro atoms. The Bertz CT molecular complexity index is 881. The van der Waals surface area contributed by atoms with E-state index in [0.717, 1.165) is 15.8 Å². The molecule has 0 aromatic heterocycles. The van der Waals surface area contributed by atoms with Crippen LogP contribution in [0, 0.1) is 0 Å². The van der Waals surface area contributed by atoms with E-state index >= 15 is 0 Å². The zero-order valence-electron chi connectivity index (χ0n) is 14.8. The summed E-state index contributed by atoms with van der Waals surface area (Å²) in [5, 5.41) is 5.73. The van der Waals surface area contributed by atoms with E-state index in [1.807, 2.05) is 24.3 Å². The van der Waals surface area contributed by atoms with Crippen LogP contribution in [0.1, 0.15) is 22.8 Å². The van der Waals surface area contributed by atoms with E-state index < -0.39 is 0 Å². The molecule has 0 saturated carbocycles. The second-order valence-corrected chi connectivity index (χ2v) is 7.85. The van der Waals surface area contributed by atoms with Gasteiger partial charge in [-0.3, -0.25) is 9.59 Å². The van der Waals surface area contributed by atoms with E-state index in [-0.39, 0.29) is 11.8 Å². The van der Waals surface area contributed by atoms with Crippen LogP contribution in [0.5, 0.6) is 0 Å². The Morgan fingerprint density at radius 3 is 2.56 bits per heavy atom. The van der Waals surface area contributed by atoms with Gasteiger partial charge in [0.05, 0.1) is 6.61 Å². The molecular weight excluding hydrogens is 428 g/mol. The van der Waals surface area contributed by atoms with E-state index in [1.54, 1.807) is 31.2 Å². The lowest BCUT2D eigenvalue weighted by Gasteiger charge is -2.17. The van der Waals surface area contributed by atoms with Crippen molar-refractivity contribution in [2.45, 2.75) is 13.5 Å². The van der Waals surface area contributed by atoms with Crippen molar-refractivity contribution < 1.29 is 14.3 Å². The largest absolute Gasteiger partial charge is 0.496 e. The highest BCUT2D eigenvalue weighted by molar-refractivity contribution is 9.10. The number of nitrogens with one attached hydrogen (secondary N) is 2. The normalized spacial score (nSPS) is 13.7. The summed E-state index contributed by atoms with van der Waals surface area (Å²) in [4.78, 5) is 25.2. The van der Waals surface area contributed by atoms with Crippen molar-refractivity contribution in [3.63, 3.8) is 0 Å². The summed E-state index contributed by atoms with van der Waals surface area (Å²) >= 11 is 4.95. The number of ether oxygens (including phenoxy) is 1. The number of amides is 2. The lowest BCUT2D eigenvalue weighted by Crippen LogP contribution is -2.23. The molecule has 2 amide bonds. The third-order valence-electron chi connectivity index (χ3n) is 3.98. The summed E-state index contributed by atoms with van der Waals surface area (Å²) in [6.07, 6.45) is 0. The molecule has 2 aromatic rings. The van der Waals surface area contributed by atoms with Gasteiger partial charge in [0.15, 0.2) is 0 Å². The maximum Gasteiger partial charge on any atom is 0.265 e. The highest BCUT2D eigenvalue weighted by Gasteiger charge is 2.19. The quantitative estimate of drug-likeness (QED) is 0.717. The van der Waals surface area contributed by atoms with Crippen LogP contribution in [-0.2, 0) is 16.1 Å². The van der Waals surface area contributed by atoms with Gasteiger partial charge >= 0.3 is 0 Å². The molecule has 0 aliphatic carbocycles. The lowest BCUT2D eigenvalue weighted by atomic mass is 10.1. The zero-order chi connectivity index (χ0) is 19.2. The first-order chi connectivity index (χ1) is 13.0. The molecule has 140 valence electrons. The fraction of sp³-hybridized carbons (Fsp3) is 0.200. The number of anilines is 1. The van der Waals surface area contributed by atoms with Gasteiger partial charge in [-0.2, -0.15) is 0 Å². The molecule has 0 saturated heterocycles. The van der Waals surface area contributed by atoms with E-state index in [2.05, 4.69) is 26.6 Å². The van der Waals surface area contributed by atoms with Gasteiger partial charge in [-0.05, 0) is 42.8 Å². The molecule has 2 N–H and O–H groups in total. The number of allylic oxidation sites excluding steroid dienone is 1. The lowest BCUT2D eigenvalue weighted by molar-refractivity contribution is -0.112. The fourth-order valence-electron chi connectivity index (χ4n) is 2.54. The van der Waals surface area contributed by atoms with Gasteiger partial charge in [0.25, 0.3) is 11.8 Å². The van der Waals surface area contributed by atoms with Gasteiger partial charge in [0, 0.05) is 28.0 Å². The molecule has 2 aromatic carbocycles. The summed E-state index contributed by atoms with van der Waals surface area (Å²) in [7, 11) is 0. The van der Waals surface area contributed by atoms with Crippen molar-refractivity contribution in [3.8, 4) is 0 Å². The molecule has 0 bridgehead atoms. The van der Waals surface area contributed by atoms with Crippen LogP contribution in [0.15, 0.2) is 63.7 Å². The Morgan fingerprint density at radius 1 is 1.11 bits per heavy atom. The fourth-order valence-corrected chi connectivity index (χ4v) is 3.78. The molecule has 0 fully saturated rings. The van der Waals surface area contributed by atoms with Crippen LogP contribution in [0.4, 0.5) is 5.69 Å². The minimum absolute atomic E-state index is 0.168. The Hall–Kier alpha value is -2.25. The minimum Gasteiger partial charge on any atom is -0.496 e. The Kier molecular flexibility index (Phi) is 6.58. The summed E-state index contributed by atoms with van der Waals surface area (Å²) in [6, 6.07) is 14.6. The number of hydrogen-bond acceptors (Lipinski definition) is 4. The van der Waals surface area contributed by atoms with E-state index in [1.165, 1.54) is 11.8 Å². The van der Waals surface area contributed by atoms with Crippen LogP contribution >= 0.6 is 27.7 Å². The molecule has 7 heteroatoms. The molecule has 0 unspecified atom stereocenters. The molecule has 0 atom stereocenters. The van der Waals surface area contributed by atoms with Crippen LogP contribution in [0.3, 0.4) is 0 Å². The molecule has 5 nitrogen and oxygen atoms in total. The van der Waals surface area contributed by atoms with Crippen LogP contribution < -0.4 is 10.6 Å². The number of carbonyl (C=O) groups excluding carboxylic acids is 2. The van der Waals surface area contributed by atoms with Crippen molar-refractivity contribution in [3.05, 3.63) is 74.8 Å². The Balaban J connectivity index is 1.59. The van der Waals surface area contributed by atoms with Crippen molar-refractivity contribution in [2.75, 3.05) is 17.7 Å². The average Bonchev–Trinajstić information content (AvgIpc) is 2.68. The van der Waals surface area contributed by atoms with E-state index in [4.69, 9.17) is 4.74 Å². The number of rotatable bonds is 5. The zero-order valence-corrected chi connectivity index (χ0v) is 17.2. The monoisotopic (exact) mass is 446 g/mol. The Morgan fingerprint density at radius 2 is 1.85 bits per heavy atom. The van der Waals surface area contributed by atoms with Crippen LogP contribution in [0.25, 0.3) is 0 Å². The standard InChI is InChI=1S/C20H19BrN2O3S/c1-13-18(27-11-10-26-13)20(25)23-16-8-6-14(7-9-16)19(24)22-12-15-4-2-3-5-17(15)21/h2-9H,10-12H2,1H3,(H,22,24)(H,23,25). The van der Waals surface area contributed by atoms with Gasteiger partial charge in [-0.1, -0.05) is 34.1 Å². The number of thioether (sulfide) groups is 1. The Labute approximate surface area is 170 Å². The van der Waals surface area contributed by atoms with Gasteiger partial charge in [-0.15, -0.1) is 11.8 Å². The van der Waals surface area contributed by atoms with Gasteiger partial charge in [0.1, 0.15) is 10.7 Å². The predicted octanol–water partition coefficient (Wildman–Crippen LogP) is 4.31. The van der Waals surface area contributed by atoms with Crippen molar-refractivity contribution in [1.29, 1.82) is 0 Å². The molecule has 0 radical (unpaired) electrons. The SMILES string of the molecule is CC1=C(C(=O)Nc2ccc(C(=O)NCc3ccccc3Br)cc2)SCCO1. The first-order valence-electron chi connectivity index (χ1n) is 8.44. The first-order valence-corrected chi connectivity index (χ1v) is 10.2. The summed E-state index contributed by atoms with van der Waals surface area (Å²) in [6.45, 7) is 2.85. The highest BCUT2D eigenvalue weighted by atomic mass is 79.9. The predicted molar refractivity (Wildman–Crippen MR) is 111 cm³/mol. The number of carbonyl (C=O) groups is 2. The second kappa shape index (κ2) is 9.10. The number of benzene rings is 2. The molecule has 1 aliphatic rings. The van der Waals surface area contributed by atoms with Gasteiger partial charge in [0.2, 0.25) is 0 Å². The van der Waals surface area contributed by atoms with Crippen LogP contribution in [-0.4, -0.2) is 24.2 Å². The molecule has 27 heavy (non-hydrogen) atoms. The third kappa shape index (κ3) is 5.14. The van der Waals surface area contributed by atoms with E-state index in [9.17, 15) is 9.59 Å². The minimum atomic E-state index is -0.191. The highest BCUT2D eigenvalue weighted by Crippen LogP contribution is 2.26. The van der Waals surface area contributed by atoms with E-state index in [0.29, 0.717) is 35.1 Å². The van der Waals surface area contributed by atoms with Crippen molar-refractivity contribution in [1.82, 2.24) is 5.32 Å². The number of hydrogen-bond donors (Lipinski definition) is 2. The number of halogens is 1. The first kappa shape index (κ1) is 19.5. The summed E-state index contributed by atoms with van der Waals surface area (Å²) in [5.74, 6) is 1.05. The molecule has 1 aliphatic heterocycles. The van der Waals surface area contributed by atoms with Gasteiger partial charge < -0.3 is 15.4 Å². The summed E-state index contributed by atoms with van der Waals surface area (Å²) in [5.41, 5.74) is 2.17. The molecule has 1 heterocycles. The maximum atomic E-state index is 12.3. The smallest absolute Gasteiger partial charge is 0.265 e. The molecule has 3 rings (SSSR count). The van der Waals surface area contributed by atoms with Gasteiger partial charge in [-0.25, -0.2) is 0 Å². The third-order valence-corrected chi connectivity index (χ3v) is 5.88. The maximum absolute atomic E-state index is 12.3. The average molecular weight is 447 g/mol. The second-order valence-electron chi connectivity index (χ2n) is 5.89. The van der Waals surface area contributed by atoms with Crippen LogP contribution in [0.2, 0.25) is 0 Å². The molecular formula is C20H19BrN2O3S. The van der Waals surface area contributed by atoms with Crippen molar-refractivity contribution in [2.24, 2.45) is 0 Å². The topological polar surface area (TPSA) is 67.4 Å². The summed E-state index contributed by atoms with van der Waals surface area (Å²) < 4.78 is 6.37.